The predicted octanol–water partition coefficient (Wildman–Crippen LogP) is 0.818. The van der Waals surface area contributed by atoms with Gasteiger partial charge in [-0.05, 0) is 24.6 Å². The molecule has 14 heavy (non-hydrogen) atoms. The number of hydrogen-bond acceptors (Lipinski definition) is 3. The molecule has 0 aliphatic carbocycles. The monoisotopic (exact) mass is 216 g/mol. The Balaban J connectivity index is 2.47. The number of nitrogens with two attached hydrogens (primary N) is 1. The molecule has 0 saturated carbocycles. The lowest BCUT2D eigenvalue weighted by Gasteiger charge is -2.00. The topological polar surface area (TPSA) is 56.0 Å². The molecule has 0 bridgehead atoms. The first kappa shape index (κ1) is 11.3. The predicted molar refractivity (Wildman–Crippen MR) is 54.6 cm³/mol. The molecular weight excluding hydrogens is 203 g/mol. The zero-order valence-electron chi connectivity index (χ0n) is 7.78. The van der Waals surface area contributed by atoms with Crippen LogP contribution < -0.4 is 5.73 Å². The molecule has 1 aromatic rings. The second-order valence-corrected chi connectivity index (χ2v) is 4.52. The largest absolute Gasteiger partial charge is 0.330 e. The van der Waals surface area contributed by atoms with Gasteiger partial charge in [0.25, 0.3) is 0 Å². The molecule has 3 nitrogen and oxygen atoms in total. The van der Waals surface area contributed by atoms with Crippen molar-refractivity contribution in [3.63, 3.8) is 0 Å². The molecule has 0 amide bonds. The van der Waals surface area contributed by atoms with Crippen molar-refractivity contribution in [3.05, 3.63) is 29.8 Å². The normalized spacial score (nSPS) is 12.7. The molecule has 1 heterocycles. The van der Waals surface area contributed by atoms with Crippen LogP contribution in [0.1, 0.15) is 12.0 Å². The lowest BCUT2D eigenvalue weighted by atomic mass is 10.3. The van der Waals surface area contributed by atoms with Crippen molar-refractivity contribution in [3.8, 4) is 0 Å². The molecule has 1 unspecified atom stereocenters. The summed E-state index contributed by atoms with van der Waals surface area (Å²) in [4.78, 5) is 3.68. The first-order valence-electron chi connectivity index (χ1n) is 4.37. The van der Waals surface area contributed by atoms with Crippen LogP contribution in [0.5, 0.6) is 0 Å². The Bertz CT molecular complexity index is 319. The van der Waals surface area contributed by atoms with Crippen LogP contribution in [0.15, 0.2) is 18.5 Å². The number of rotatable bonds is 5. The van der Waals surface area contributed by atoms with Gasteiger partial charge in [0.15, 0.2) is 0 Å². The van der Waals surface area contributed by atoms with Gasteiger partial charge in [-0.25, -0.2) is 4.39 Å². The molecule has 0 aliphatic heterocycles. The summed E-state index contributed by atoms with van der Waals surface area (Å²) in [7, 11) is -0.966. The highest BCUT2D eigenvalue weighted by molar-refractivity contribution is 7.84. The number of aromatic nitrogens is 1. The van der Waals surface area contributed by atoms with E-state index in [4.69, 9.17) is 5.73 Å². The summed E-state index contributed by atoms with van der Waals surface area (Å²) < 4.78 is 24.1. The molecule has 78 valence electrons. The molecule has 0 radical (unpaired) electrons. The summed E-state index contributed by atoms with van der Waals surface area (Å²) in [5.74, 6) is 0.524. The highest BCUT2D eigenvalue weighted by Gasteiger charge is 2.02. The van der Waals surface area contributed by atoms with E-state index in [1.165, 1.54) is 12.3 Å². The van der Waals surface area contributed by atoms with Crippen molar-refractivity contribution < 1.29 is 8.60 Å². The van der Waals surface area contributed by atoms with Crippen molar-refractivity contribution in [2.75, 3.05) is 12.3 Å². The highest BCUT2D eigenvalue weighted by atomic mass is 32.2. The molecular formula is C9H13FN2OS. The van der Waals surface area contributed by atoms with Crippen LogP contribution in [0.3, 0.4) is 0 Å². The second-order valence-electron chi connectivity index (χ2n) is 2.94. The maximum Gasteiger partial charge on any atom is 0.141 e. The molecule has 1 rings (SSSR count). The maximum atomic E-state index is 12.7. The summed E-state index contributed by atoms with van der Waals surface area (Å²) in [5.41, 5.74) is 5.95. The third kappa shape index (κ3) is 3.93. The fourth-order valence-electron chi connectivity index (χ4n) is 1.04. The maximum absolute atomic E-state index is 12.7. The first-order chi connectivity index (χ1) is 6.72. The van der Waals surface area contributed by atoms with Crippen molar-refractivity contribution in [1.29, 1.82) is 0 Å². The van der Waals surface area contributed by atoms with Gasteiger partial charge >= 0.3 is 0 Å². The van der Waals surface area contributed by atoms with Gasteiger partial charge in [0, 0.05) is 22.7 Å². The number of nitrogens with zero attached hydrogens (tertiary/aromatic N) is 1. The lowest BCUT2D eigenvalue weighted by Crippen LogP contribution is -2.07. The average Bonchev–Trinajstić information content (AvgIpc) is 2.15. The standard InChI is InChI=1S/C9H13FN2OS/c10-9-4-8(5-12-6-9)7-14(13)3-1-2-11/h4-6H,1-3,7,11H2. The average molecular weight is 216 g/mol. The Labute approximate surface area is 85.0 Å². The van der Waals surface area contributed by atoms with Gasteiger partial charge in [0.2, 0.25) is 0 Å². The molecule has 1 atom stereocenters. The van der Waals surface area contributed by atoms with Crippen LogP contribution in [0, 0.1) is 5.82 Å². The van der Waals surface area contributed by atoms with Gasteiger partial charge in [-0.15, -0.1) is 0 Å². The van der Waals surface area contributed by atoms with Crippen molar-refractivity contribution >= 4 is 10.8 Å². The molecule has 0 spiro atoms. The Morgan fingerprint density at radius 2 is 2.29 bits per heavy atom. The van der Waals surface area contributed by atoms with E-state index in [1.807, 2.05) is 0 Å². The Hall–Kier alpha value is -0.810. The van der Waals surface area contributed by atoms with Gasteiger partial charge in [-0.1, -0.05) is 0 Å². The van der Waals surface area contributed by atoms with Crippen LogP contribution in [0.25, 0.3) is 0 Å². The SMILES string of the molecule is NCCCS(=O)Cc1cncc(F)c1. The summed E-state index contributed by atoms with van der Waals surface area (Å²) in [6.07, 6.45) is 3.39. The van der Waals surface area contributed by atoms with Crippen LogP contribution in [0.4, 0.5) is 4.39 Å². The molecule has 0 aliphatic rings. The van der Waals surface area contributed by atoms with Crippen molar-refractivity contribution in [2.45, 2.75) is 12.2 Å². The van der Waals surface area contributed by atoms with E-state index in [0.29, 0.717) is 23.6 Å². The summed E-state index contributed by atoms with van der Waals surface area (Å²) in [6.45, 7) is 0.535. The minimum Gasteiger partial charge on any atom is -0.330 e. The Kier molecular flexibility index (Phi) is 4.69. The van der Waals surface area contributed by atoms with E-state index in [1.54, 1.807) is 0 Å². The van der Waals surface area contributed by atoms with E-state index in [-0.39, 0.29) is 0 Å². The van der Waals surface area contributed by atoms with Gasteiger partial charge < -0.3 is 5.73 Å². The fourth-order valence-corrected chi connectivity index (χ4v) is 2.20. The van der Waals surface area contributed by atoms with Crippen molar-refractivity contribution in [2.24, 2.45) is 5.73 Å². The second kappa shape index (κ2) is 5.82. The zero-order valence-corrected chi connectivity index (χ0v) is 8.60. The first-order valence-corrected chi connectivity index (χ1v) is 5.85. The third-order valence-electron chi connectivity index (χ3n) is 1.67. The third-order valence-corrected chi connectivity index (χ3v) is 3.06. The van der Waals surface area contributed by atoms with E-state index in [9.17, 15) is 8.60 Å². The number of halogens is 1. The van der Waals surface area contributed by atoms with Crippen LogP contribution >= 0.6 is 0 Å². The van der Waals surface area contributed by atoms with Gasteiger partial charge in [0.05, 0.1) is 11.9 Å². The van der Waals surface area contributed by atoms with Crippen LogP contribution in [-0.2, 0) is 16.6 Å². The quantitative estimate of drug-likeness (QED) is 0.792. The molecule has 5 heteroatoms. The minimum atomic E-state index is -0.966. The van der Waals surface area contributed by atoms with Crippen LogP contribution in [0.2, 0.25) is 0 Å². The lowest BCUT2D eigenvalue weighted by molar-refractivity contribution is 0.619. The smallest absolute Gasteiger partial charge is 0.141 e. The van der Waals surface area contributed by atoms with E-state index >= 15 is 0 Å². The molecule has 0 fully saturated rings. The van der Waals surface area contributed by atoms with Gasteiger partial charge in [-0.3, -0.25) is 9.19 Å². The summed E-state index contributed by atoms with van der Waals surface area (Å²) in [5, 5.41) is 0. The molecule has 2 N–H and O–H groups in total. The van der Waals surface area contributed by atoms with Crippen LogP contribution in [-0.4, -0.2) is 21.5 Å². The number of hydrogen-bond donors (Lipinski definition) is 1. The molecule has 0 aromatic carbocycles. The Morgan fingerprint density at radius 1 is 1.50 bits per heavy atom. The van der Waals surface area contributed by atoms with Gasteiger partial charge in [-0.2, -0.15) is 0 Å². The highest BCUT2D eigenvalue weighted by Crippen LogP contribution is 2.04. The fraction of sp³-hybridized carbons (Fsp3) is 0.444. The summed E-state index contributed by atoms with van der Waals surface area (Å²) >= 11 is 0. The van der Waals surface area contributed by atoms with E-state index in [2.05, 4.69) is 4.98 Å². The number of pyridine rings is 1. The Morgan fingerprint density at radius 3 is 2.93 bits per heavy atom. The molecule has 1 aromatic heterocycles. The minimum absolute atomic E-state index is 0.352. The zero-order chi connectivity index (χ0) is 10.4. The molecule has 0 saturated heterocycles. The van der Waals surface area contributed by atoms with E-state index < -0.39 is 16.6 Å². The summed E-state index contributed by atoms with van der Waals surface area (Å²) in [6, 6.07) is 1.35. The van der Waals surface area contributed by atoms with Gasteiger partial charge in [0.1, 0.15) is 5.82 Å². The van der Waals surface area contributed by atoms with Crippen molar-refractivity contribution in [1.82, 2.24) is 4.98 Å². The van der Waals surface area contributed by atoms with E-state index in [0.717, 1.165) is 12.6 Å².